The van der Waals surface area contributed by atoms with Gasteiger partial charge in [0.05, 0.1) is 0 Å². The van der Waals surface area contributed by atoms with Crippen LogP contribution in [0.15, 0.2) is 17.6 Å². The van der Waals surface area contributed by atoms with E-state index in [0.29, 0.717) is 0 Å². The van der Waals surface area contributed by atoms with Gasteiger partial charge in [0.15, 0.2) is 5.96 Å². The van der Waals surface area contributed by atoms with Gasteiger partial charge in [-0.3, -0.25) is 4.99 Å². The van der Waals surface area contributed by atoms with E-state index in [-0.39, 0.29) is 0 Å². The number of nitrogens with one attached hydrogen (secondary N) is 2. The van der Waals surface area contributed by atoms with Crippen LogP contribution in [0.5, 0.6) is 0 Å². The predicted molar refractivity (Wildman–Crippen MR) is 78.1 cm³/mol. The van der Waals surface area contributed by atoms with Crippen molar-refractivity contribution >= 4 is 5.96 Å². The highest BCUT2D eigenvalue weighted by molar-refractivity contribution is 5.79. The van der Waals surface area contributed by atoms with Gasteiger partial charge in [0.1, 0.15) is 12.7 Å². The van der Waals surface area contributed by atoms with E-state index < -0.39 is 0 Å². The molecule has 2 N–H and O–H groups in total. The lowest BCUT2D eigenvalue weighted by molar-refractivity contribution is 0.611. The molecule has 0 saturated heterocycles. The fourth-order valence-electron chi connectivity index (χ4n) is 1.66. The molecule has 1 aromatic heterocycles. The fraction of sp³-hybridized carbons (Fsp3) is 0.769. The topological polar surface area (TPSA) is 67.1 Å². The summed E-state index contributed by atoms with van der Waals surface area (Å²) in [7, 11) is 0. The van der Waals surface area contributed by atoms with Crippen LogP contribution < -0.4 is 10.6 Å². The van der Waals surface area contributed by atoms with Crippen molar-refractivity contribution in [3.8, 4) is 0 Å². The molecule has 1 rings (SSSR count). The van der Waals surface area contributed by atoms with Crippen molar-refractivity contribution in [2.75, 3.05) is 19.6 Å². The molecule has 0 spiro atoms. The molecule has 0 unspecified atom stereocenters. The number of aliphatic imine (C=N–C) groups is 1. The van der Waals surface area contributed by atoms with E-state index in [1.54, 1.807) is 12.7 Å². The Morgan fingerprint density at radius 3 is 2.58 bits per heavy atom. The Hall–Kier alpha value is -1.59. The molecule has 0 atom stereocenters. The van der Waals surface area contributed by atoms with Crippen LogP contribution in [0, 0.1) is 0 Å². The van der Waals surface area contributed by atoms with Gasteiger partial charge in [0.2, 0.25) is 0 Å². The summed E-state index contributed by atoms with van der Waals surface area (Å²) in [5, 5.41) is 14.2. The van der Waals surface area contributed by atoms with Crippen LogP contribution in [0.2, 0.25) is 0 Å². The Labute approximate surface area is 115 Å². The zero-order chi connectivity index (χ0) is 13.8. The quantitative estimate of drug-likeness (QED) is 0.403. The minimum absolute atomic E-state index is 0.851. The van der Waals surface area contributed by atoms with Crippen LogP contribution >= 0.6 is 0 Å². The first-order valence-corrected chi connectivity index (χ1v) is 7.21. The Balaban J connectivity index is 2.15. The average Bonchev–Trinajstić information content (AvgIpc) is 2.91. The van der Waals surface area contributed by atoms with E-state index in [1.807, 2.05) is 4.57 Å². The SMILES string of the molecule is CCCCNC(=NCCCCn1cnnc1)NCC. The van der Waals surface area contributed by atoms with Crippen LogP contribution in [0.3, 0.4) is 0 Å². The van der Waals surface area contributed by atoms with Crippen molar-refractivity contribution in [2.45, 2.75) is 46.1 Å². The molecule has 0 amide bonds. The molecular weight excluding hydrogens is 240 g/mol. The average molecular weight is 266 g/mol. The molecule has 6 heteroatoms. The molecule has 0 aromatic carbocycles. The van der Waals surface area contributed by atoms with Crippen LogP contribution in [-0.2, 0) is 6.54 Å². The summed E-state index contributed by atoms with van der Waals surface area (Å²) in [6, 6.07) is 0. The normalized spacial score (nSPS) is 11.6. The monoisotopic (exact) mass is 266 g/mol. The van der Waals surface area contributed by atoms with Gasteiger partial charge in [-0.05, 0) is 26.2 Å². The number of rotatable bonds is 9. The summed E-state index contributed by atoms with van der Waals surface area (Å²) >= 11 is 0. The number of unbranched alkanes of at least 4 members (excludes halogenated alkanes) is 2. The molecule has 6 nitrogen and oxygen atoms in total. The summed E-state index contributed by atoms with van der Waals surface area (Å²) in [5.74, 6) is 0.931. The lowest BCUT2D eigenvalue weighted by Crippen LogP contribution is -2.37. The number of aryl methyl sites for hydroxylation is 1. The second-order valence-electron chi connectivity index (χ2n) is 4.45. The maximum atomic E-state index is 4.56. The molecule has 1 aromatic rings. The minimum atomic E-state index is 0.851. The second-order valence-corrected chi connectivity index (χ2v) is 4.45. The second kappa shape index (κ2) is 10.3. The molecular formula is C13H26N6. The number of aromatic nitrogens is 3. The number of hydrogen-bond donors (Lipinski definition) is 2. The molecule has 0 aliphatic rings. The van der Waals surface area contributed by atoms with Crippen molar-refractivity contribution in [1.29, 1.82) is 0 Å². The number of hydrogen-bond acceptors (Lipinski definition) is 3. The maximum Gasteiger partial charge on any atom is 0.191 e. The van der Waals surface area contributed by atoms with Crippen LogP contribution in [0.1, 0.15) is 39.5 Å². The van der Waals surface area contributed by atoms with Gasteiger partial charge in [-0.15, -0.1) is 10.2 Å². The van der Waals surface area contributed by atoms with Crippen molar-refractivity contribution in [2.24, 2.45) is 4.99 Å². The highest BCUT2D eigenvalue weighted by atomic mass is 15.2. The molecule has 0 saturated carbocycles. The Bertz CT molecular complexity index is 333. The van der Waals surface area contributed by atoms with E-state index in [2.05, 4.69) is 39.7 Å². The molecule has 0 aliphatic carbocycles. The summed E-state index contributed by atoms with van der Waals surface area (Å²) in [6.07, 6.45) is 8.04. The fourth-order valence-corrected chi connectivity index (χ4v) is 1.66. The first kappa shape index (κ1) is 15.5. The van der Waals surface area contributed by atoms with Crippen molar-refractivity contribution in [3.05, 3.63) is 12.7 Å². The summed E-state index contributed by atoms with van der Waals surface area (Å²) in [4.78, 5) is 4.56. The number of guanidine groups is 1. The van der Waals surface area contributed by atoms with Gasteiger partial charge < -0.3 is 15.2 Å². The van der Waals surface area contributed by atoms with Gasteiger partial charge >= 0.3 is 0 Å². The van der Waals surface area contributed by atoms with Crippen LogP contribution in [-0.4, -0.2) is 40.4 Å². The first-order valence-electron chi connectivity index (χ1n) is 7.21. The molecule has 0 aliphatic heterocycles. The molecule has 0 bridgehead atoms. The van der Waals surface area contributed by atoms with Crippen molar-refractivity contribution < 1.29 is 0 Å². The molecule has 0 fully saturated rings. The number of nitrogens with zero attached hydrogens (tertiary/aromatic N) is 4. The van der Waals surface area contributed by atoms with Gasteiger partial charge in [0, 0.05) is 26.2 Å². The van der Waals surface area contributed by atoms with E-state index in [1.165, 1.54) is 12.8 Å². The van der Waals surface area contributed by atoms with E-state index >= 15 is 0 Å². The largest absolute Gasteiger partial charge is 0.357 e. The highest BCUT2D eigenvalue weighted by Crippen LogP contribution is 1.94. The van der Waals surface area contributed by atoms with E-state index in [9.17, 15) is 0 Å². The highest BCUT2D eigenvalue weighted by Gasteiger charge is 1.96. The lowest BCUT2D eigenvalue weighted by Gasteiger charge is -2.10. The summed E-state index contributed by atoms with van der Waals surface area (Å²) in [5.41, 5.74) is 0. The van der Waals surface area contributed by atoms with E-state index in [0.717, 1.165) is 45.0 Å². The molecule has 1 heterocycles. The maximum absolute atomic E-state index is 4.56. The van der Waals surface area contributed by atoms with Gasteiger partial charge in [-0.1, -0.05) is 13.3 Å². The van der Waals surface area contributed by atoms with Crippen molar-refractivity contribution in [1.82, 2.24) is 25.4 Å². The zero-order valence-electron chi connectivity index (χ0n) is 12.1. The van der Waals surface area contributed by atoms with Crippen LogP contribution in [0.25, 0.3) is 0 Å². The Morgan fingerprint density at radius 2 is 1.89 bits per heavy atom. The zero-order valence-corrected chi connectivity index (χ0v) is 12.1. The summed E-state index contributed by atoms with van der Waals surface area (Å²) < 4.78 is 1.99. The third-order valence-corrected chi connectivity index (χ3v) is 2.73. The lowest BCUT2D eigenvalue weighted by atomic mass is 10.3. The van der Waals surface area contributed by atoms with Gasteiger partial charge in [-0.25, -0.2) is 0 Å². The Kier molecular flexibility index (Phi) is 8.42. The van der Waals surface area contributed by atoms with Gasteiger partial charge in [-0.2, -0.15) is 0 Å². The van der Waals surface area contributed by atoms with Gasteiger partial charge in [0.25, 0.3) is 0 Å². The minimum Gasteiger partial charge on any atom is -0.357 e. The third kappa shape index (κ3) is 7.43. The summed E-state index contributed by atoms with van der Waals surface area (Å²) in [6.45, 7) is 7.98. The Morgan fingerprint density at radius 1 is 1.11 bits per heavy atom. The molecule has 108 valence electrons. The smallest absolute Gasteiger partial charge is 0.191 e. The van der Waals surface area contributed by atoms with Crippen molar-refractivity contribution in [3.63, 3.8) is 0 Å². The molecule has 0 radical (unpaired) electrons. The standard InChI is InChI=1S/C13H26N6/c1-3-5-8-15-13(14-4-2)16-9-6-7-10-19-11-17-18-12-19/h11-12H,3-10H2,1-2H3,(H2,14,15,16). The van der Waals surface area contributed by atoms with Crippen LogP contribution in [0.4, 0.5) is 0 Å². The predicted octanol–water partition coefficient (Wildman–Crippen LogP) is 1.41. The molecule has 19 heavy (non-hydrogen) atoms. The first-order chi connectivity index (χ1) is 9.36. The van der Waals surface area contributed by atoms with E-state index in [4.69, 9.17) is 0 Å². The third-order valence-electron chi connectivity index (χ3n) is 2.73.